The fourth-order valence-corrected chi connectivity index (χ4v) is 2.88. The monoisotopic (exact) mass is 308 g/mol. The van der Waals surface area contributed by atoms with Gasteiger partial charge in [-0.25, -0.2) is 4.98 Å². The SMILES string of the molecule is Cc1cc(C)nc(Sc2ccc(C#N)c(C(F)(F)F)c2)c1. The number of aryl methyl sites for hydroxylation is 2. The van der Waals surface area contributed by atoms with Gasteiger partial charge in [-0.05, 0) is 49.7 Å². The van der Waals surface area contributed by atoms with Gasteiger partial charge in [0, 0.05) is 10.6 Å². The second-order valence-electron chi connectivity index (χ2n) is 4.54. The average molecular weight is 308 g/mol. The number of rotatable bonds is 2. The Labute approximate surface area is 124 Å². The van der Waals surface area contributed by atoms with Gasteiger partial charge in [0.2, 0.25) is 0 Å². The molecule has 0 aliphatic heterocycles. The van der Waals surface area contributed by atoms with Crippen molar-refractivity contribution in [1.29, 1.82) is 5.26 Å². The van der Waals surface area contributed by atoms with Crippen LogP contribution < -0.4 is 0 Å². The Hall–Kier alpha value is -2.00. The predicted molar refractivity (Wildman–Crippen MR) is 74.0 cm³/mol. The Morgan fingerprint density at radius 3 is 2.43 bits per heavy atom. The lowest BCUT2D eigenvalue weighted by atomic mass is 10.1. The summed E-state index contributed by atoms with van der Waals surface area (Å²) in [5.74, 6) is 0. The molecule has 1 heterocycles. The molecule has 0 aliphatic carbocycles. The molecule has 0 unspecified atom stereocenters. The molecule has 21 heavy (non-hydrogen) atoms. The molecule has 6 heteroatoms. The molecule has 0 amide bonds. The van der Waals surface area contributed by atoms with Crippen LogP contribution in [0.2, 0.25) is 0 Å². The fourth-order valence-electron chi connectivity index (χ4n) is 1.90. The zero-order valence-electron chi connectivity index (χ0n) is 11.3. The third-order valence-electron chi connectivity index (χ3n) is 2.71. The molecular weight excluding hydrogens is 297 g/mol. The Bertz CT molecular complexity index is 698. The summed E-state index contributed by atoms with van der Waals surface area (Å²) in [5.41, 5.74) is 0.511. The van der Waals surface area contributed by atoms with Crippen molar-refractivity contribution < 1.29 is 13.2 Å². The molecule has 1 aromatic heterocycles. The molecule has 2 rings (SSSR count). The molecule has 0 saturated carbocycles. The largest absolute Gasteiger partial charge is 0.417 e. The maximum absolute atomic E-state index is 12.9. The van der Waals surface area contributed by atoms with E-state index in [0.717, 1.165) is 29.1 Å². The van der Waals surface area contributed by atoms with Crippen LogP contribution in [0.4, 0.5) is 13.2 Å². The van der Waals surface area contributed by atoms with Crippen LogP contribution in [0, 0.1) is 25.2 Å². The Balaban J connectivity index is 2.40. The minimum atomic E-state index is -4.54. The van der Waals surface area contributed by atoms with E-state index in [1.807, 2.05) is 26.0 Å². The van der Waals surface area contributed by atoms with Gasteiger partial charge in [0.15, 0.2) is 0 Å². The van der Waals surface area contributed by atoms with E-state index in [-0.39, 0.29) is 5.56 Å². The van der Waals surface area contributed by atoms with Gasteiger partial charge in [0.05, 0.1) is 17.2 Å². The van der Waals surface area contributed by atoms with E-state index in [2.05, 4.69) is 4.98 Å². The van der Waals surface area contributed by atoms with E-state index in [4.69, 9.17) is 5.26 Å². The molecule has 0 saturated heterocycles. The molecular formula is C15H11F3N2S. The molecule has 108 valence electrons. The molecule has 0 spiro atoms. The second kappa shape index (κ2) is 5.78. The summed E-state index contributed by atoms with van der Waals surface area (Å²) < 4.78 is 38.7. The molecule has 0 N–H and O–H groups in total. The molecule has 0 radical (unpaired) electrons. The van der Waals surface area contributed by atoms with Crippen molar-refractivity contribution >= 4 is 11.8 Å². The zero-order chi connectivity index (χ0) is 15.6. The van der Waals surface area contributed by atoms with Crippen molar-refractivity contribution in [3.8, 4) is 6.07 Å². The number of nitriles is 1. The number of benzene rings is 1. The number of hydrogen-bond acceptors (Lipinski definition) is 3. The summed E-state index contributed by atoms with van der Waals surface area (Å²) in [6.07, 6.45) is -4.54. The third kappa shape index (κ3) is 3.76. The first-order chi connectivity index (χ1) is 9.79. The van der Waals surface area contributed by atoms with Gasteiger partial charge in [0.25, 0.3) is 0 Å². The number of pyridine rings is 1. The van der Waals surface area contributed by atoms with Gasteiger partial charge in [0.1, 0.15) is 5.03 Å². The minimum Gasteiger partial charge on any atom is -0.246 e. The summed E-state index contributed by atoms with van der Waals surface area (Å²) in [4.78, 5) is 4.68. The topological polar surface area (TPSA) is 36.7 Å². The van der Waals surface area contributed by atoms with E-state index in [0.29, 0.717) is 9.92 Å². The molecule has 1 aromatic carbocycles. The van der Waals surface area contributed by atoms with Gasteiger partial charge in [-0.2, -0.15) is 18.4 Å². The molecule has 2 nitrogen and oxygen atoms in total. The second-order valence-corrected chi connectivity index (χ2v) is 5.64. The summed E-state index contributed by atoms with van der Waals surface area (Å²) in [6, 6.07) is 8.94. The molecule has 0 fully saturated rings. The van der Waals surface area contributed by atoms with Crippen LogP contribution in [-0.2, 0) is 6.18 Å². The first kappa shape index (κ1) is 15.4. The highest BCUT2D eigenvalue weighted by molar-refractivity contribution is 7.99. The first-order valence-electron chi connectivity index (χ1n) is 6.04. The van der Waals surface area contributed by atoms with E-state index >= 15 is 0 Å². The first-order valence-corrected chi connectivity index (χ1v) is 6.86. The van der Waals surface area contributed by atoms with Crippen molar-refractivity contribution in [2.45, 2.75) is 29.9 Å². The van der Waals surface area contributed by atoms with Crippen LogP contribution in [0.25, 0.3) is 0 Å². The Morgan fingerprint density at radius 1 is 1.14 bits per heavy atom. The van der Waals surface area contributed by atoms with Crippen LogP contribution >= 0.6 is 11.8 Å². The minimum absolute atomic E-state index is 0.375. The average Bonchev–Trinajstić information content (AvgIpc) is 2.36. The smallest absolute Gasteiger partial charge is 0.246 e. The lowest BCUT2D eigenvalue weighted by Crippen LogP contribution is -2.07. The van der Waals surface area contributed by atoms with Crippen molar-refractivity contribution in [3.63, 3.8) is 0 Å². The van der Waals surface area contributed by atoms with Crippen molar-refractivity contribution in [2.75, 3.05) is 0 Å². The maximum Gasteiger partial charge on any atom is 0.417 e. The van der Waals surface area contributed by atoms with Gasteiger partial charge in [-0.15, -0.1) is 0 Å². The summed E-state index contributed by atoms with van der Waals surface area (Å²) >= 11 is 1.14. The normalized spacial score (nSPS) is 11.2. The number of nitrogens with zero attached hydrogens (tertiary/aromatic N) is 2. The number of aromatic nitrogens is 1. The maximum atomic E-state index is 12.9. The zero-order valence-corrected chi connectivity index (χ0v) is 12.1. The molecule has 0 atom stereocenters. The lowest BCUT2D eigenvalue weighted by molar-refractivity contribution is -0.137. The van der Waals surface area contributed by atoms with E-state index in [9.17, 15) is 13.2 Å². The van der Waals surface area contributed by atoms with E-state index in [1.54, 1.807) is 6.07 Å². The van der Waals surface area contributed by atoms with E-state index in [1.165, 1.54) is 12.1 Å². The van der Waals surface area contributed by atoms with Crippen molar-refractivity contribution in [3.05, 3.63) is 52.7 Å². The van der Waals surface area contributed by atoms with Gasteiger partial charge >= 0.3 is 6.18 Å². The van der Waals surface area contributed by atoms with Crippen LogP contribution in [0.15, 0.2) is 40.3 Å². The number of alkyl halides is 3. The number of hydrogen-bond donors (Lipinski definition) is 0. The van der Waals surface area contributed by atoms with Crippen molar-refractivity contribution in [1.82, 2.24) is 4.98 Å². The van der Waals surface area contributed by atoms with Crippen LogP contribution in [-0.4, -0.2) is 4.98 Å². The quantitative estimate of drug-likeness (QED) is 0.804. The van der Waals surface area contributed by atoms with Crippen LogP contribution in [0.3, 0.4) is 0 Å². The lowest BCUT2D eigenvalue weighted by Gasteiger charge is -2.10. The Kier molecular flexibility index (Phi) is 4.24. The summed E-state index contributed by atoms with van der Waals surface area (Å²) in [7, 11) is 0. The standard InChI is InChI=1S/C15H11F3N2S/c1-9-5-10(2)20-14(6-9)21-12-4-3-11(8-19)13(7-12)15(16,17)18/h3-7H,1-2H3. The highest BCUT2D eigenvalue weighted by atomic mass is 32.2. The van der Waals surface area contributed by atoms with Gasteiger partial charge in [-0.1, -0.05) is 11.8 Å². The summed E-state index contributed by atoms with van der Waals surface area (Å²) in [6.45, 7) is 3.73. The molecule has 0 bridgehead atoms. The fraction of sp³-hybridized carbons (Fsp3) is 0.200. The third-order valence-corrected chi connectivity index (χ3v) is 3.62. The summed E-state index contributed by atoms with van der Waals surface area (Å²) in [5, 5.41) is 9.40. The predicted octanol–water partition coefficient (Wildman–Crippen LogP) is 4.74. The van der Waals surface area contributed by atoms with Crippen LogP contribution in [0.5, 0.6) is 0 Å². The highest BCUT2D eigenvalue weighted by Gasteiger charge is 2.33. The van der Waals surface area contributed by atoms with Gasteiger partial charge < -0.3 is 0 Å². The number of halogens is 3. The molecule has 0 aliphatic rings. The van der Waals surface area contributed by atoms with E-state index < -0.39 is 11.7 Å². The molecule has 2 aromatic rings. The highest BCUT2D eigenvalue weighted by Crippen LogP contribution is 2.36. The van der Waals surface area contributed by atoms with Gasteiger partial charge in [-0.3, -0.25) is 0 Å². The van der Waals surface area contributed by atoms with Crippen molar-refractivity contribution in [2.24, 2.45) is 0 Å². The van der Waals surface area contributed by atoms with Crippen LogP contribution in [0.1, 0.15) is 22.4 Å². The Morgan fingerprint density at radius 2 is 1.86 bits per heavy atom.